The third-order valence-corrected chi connectivity index (χ3v) is 7.08. The molecule has 0 aromatic heterocycles. The van der Waals surface area contributed by atoms with Crippen molar-refractivity contribution in [2.75, 3.05) is 26.2 Å². The highest BCUT2D eigenvalue weighted by molar-refractivity contribution is 5.94. The van der Waals surface area contributed by atoms with Gasteiger partial charge < -0.3 is 5.32 Å². The Morgan fingerprint density at radius 1 is 0.750 bits per heavy atom. The number of carbonyl (C=O) groups excluding carboxylic acids is 1. The largest absolute Gasteiger partial charge is 0.348 e. The molecule has 4 nitrogen and oxygen atoms in total. The predicted octanol–water partition coefficient (Wildman–Crippen LogP) is 5.22. The molecule has 1 N–H and O–H groups in total. The molecule has 172 valence electrons. The third kappa shape index (κ3) is 6.91. The fourth-order valence-corrected chi connectivity index (χ4v) is 4.84. The number of amides is 1. The Kier molecular flexibility index (Phi) is 8.36. The van der Waals surface area contributed by atoms with Crippen LogP contribution >= 0.6 is 0 Å². The van der Waals surface area contributed by atoms with Gasteiger partial charge in [0, 0.05) is 25.2 Å². The molecule has 32 heavy (non-hydrogen) atoms. The van der Waals surface area contributed by atoms with Crippen molar-refractivity contribution in [3.8, 4) is 0 Å². The van der Waals surface area contributed by atoms with Crippen LogP contribution in [0.1, 0.15) is 72.5 Å². The first-order valence-corrected chi connectivity index (χ1v) is 12.6. The molecule has 2 saturated heterocycles. The number of likely N-dealkylation sites (tertiary alicyclic amines) is 2. The van der Waals surface area contributed by atoms with Gasteiger partial charge in [-0.25, -0.2) is 0 Å². The SMILES string of the molecule is CC1CCN(Cc2ccc(C(=O)NCc3ccc(CN4CCCCCC4)cc3)cc2)CC1. The van der Waals surface area contributed by atoms with Gasteiger partial charge in [0.1, 0.15) is 0 Å². The van der Waals surface area contributed by atoms with Crippen molar-refractivity contribution >= 4 is 5.91 Å². The van der Waals surface area contributed by atoms with Gasteiger partial charge in [0.2, 0.25) is 0 Å². The van der Waals surface area contributed by atoms with Crippen LogP contribution in [0.3, 0.4) is 0 Å². The van der Waals surface area contributed by atoms with E-state index >= 15 is 0 Å². The summed E-state index contributed by atoms with van der Waals surface area (Å²) in [5.74, 6) is 0.852. The average molecular weight is 434 g/mol. The molecule has 0 saturated carbocycles. The number of carbonyl (C=O) groups is 1. The number of hydrogen-bond acceptors (Lipinski definition) is 3. The number of piperidine rings is 1. The van der Waals surface area contributed by atoms with E-state index in [1.54, 1.807) is 0 Å². The highest BCUT2D eigenvalue weighted by Crippen LogP contribution is 2.18. The molecule has 0 bridgehead atoms. The molecule has 2 aliphatic heterocycles. The zero-order valence-corrected chi connectivity index (χ0v) is 19.7. The van der Waals surface area contributed by atoms with Gasteiger partial charge in [-0.1, -0.05) is 56.2 Å². The first kappa shape index (κ1) is 23.0. The molecule has 0 atom stereocenters. The molecule has 2 aromatic rings. The summed E-state index contributed by atoms with van der Waals surface area (Å²) in [4.78, 5) is 17.7. The predicted molar refractivity (Wildman–Crippen MR) is 131 cm³/mol. The van der Waals surface area contributed by atoms with E-state index < -0.39 is 0 Å². The fourth-order valence-electron chi connectivity index (χ4n) is 4.84. The van der Waals surface area contributed by atoms with Crippen molar-refractivity contribution in [2.24, 2.45) is 5.92 Å². The molecule has 0 spiro atoms. The number of hydrogen-bond donors (Lipinski definition) is 1. The van der Waals surface area contributed by atoms with Gasteiger partial charge in [-0.15, -0.1) is 0 Å². The number of nitrogens with zero attached hydrogens (tertiary/aromatic N) is 2. The highest BCUT2D eigenvalue weighted by atomic mass is 16.1. The van der Waals surface area contributed by atoms with E-state index in [9.17, 15) is 4.79 Å². The molecular weight excluding hydrogens is 394 g/mol. The summed E-state index contributed by atoms with van der Waals surface area (Å²) in [7, 11) is 0. The lowest BCUT2D eigenvalue weighted by Gasteiger charge is -2.30. The third-order valence-electron chi connectivity index (χ3n) is 7.08. The second-order valence-corrected chi connectivity index (χ2v) is 9.85. The van der Waals surface area contributed by atoms with Crippen LogP contribution in [0.15, 0.2) is 48.5 Å². The maximum absolute atomic E-state index is 12.6. The zero-order valence-electron chi connectivity index (χ0n) is 19.7. The zero-order chi connectivity index (χ0) is 22.2. The van der Waals surface area contributed by atoms with Gasteiger partial charge in [-0.2, -0.15) is 0 Å². The Morgan fingerprint density at radius 2 is 1.25 bits per heavy atom. The van der Waals surface area contributed by atoms with Gasteiger partial charge in [0.15, 0.2) is 0 Å². The summed E-state index contributed by atoms with van der Waals surface area (Å²) in [5, 5.41) is 3.07. The van der Waals surface area contributed by atoms with E-state index in [0.29, 0.717) is 6.54 Å². The molecule has 2 aromatic carbocycles. The topological polar surface area (TPSA) is 35.6 Å². The second kappa shape index (κ2) is 11.6. The quantitative estimate of drug-likeness (QED) is 0.650. The van der Waals surface area contributed by atoms with Crippen LogP contribution in [0.25, 0.3) is 0 Å². The normalized spacial score (nSPS) is 18.9. The number of benzene rings is 2. The summed E-state index contributed by atoms with van der Waals surface area (Å²) in [6, 6.07) is 16.8. The Labute approximate surface area is 194 Å². The van der Waals surface area contributed by atoms with Crippen LogP contribution in [-0.4, -0.2) is 41.9 Å². The minimum Gasteiger partial charge on any atom is -0.348 e. The maximum atomic E-state index is 12.6. The van der Waals surface area contributed by atoms with E-state index in [-0.39, 0.29) is 5.91 Å². The van der Waals surface area contributed by atoms with Crippen LogP contribution in [-0.2, 0) is 19.6 Å². The van der Waals surface area contributed by atoms with Crippen molar-refractivity contribution < 1.29 is 4.79 Å². The highest BCUT2D eigenvalue weighted by Gasteiger charge is 2.16. The molecule has 4 heteroatoms. The van der Waals surface area contributed by atoms with E-state index in [2.05, 4.69) is 58.4 Å². The molecule has 2 aliphatic rings. The summed E-state index contributed by atoms with van der Waals surface area (Å²) >= 11 is 0. The van der Waals surface area contributed by atoms with Gasteiger partial charge in [0.25, 0.3) is 5.91 Å². The first-order chi connectivity index (χ1) is 15.7. The Bertz CT molecular complexity index is 830. The molecular formula is C28H39N3O. The number of rotatable bonds is 7. The lowest BCUT2D eigenvalue weighted by molar-refractivity contribution is 0.0951. The van der Waals surface area contributed by atoms with Crippen molar-refractivity contribution in [2.45, 2.75) is 65.1 Å². The lowest BCUT2D eigenvalue weighted by atomic mass is 9.99. The molecule has 0 aliphatic carbocycles. The van der Waals surface area contributed by atoms with Gasteiger partial charge >= 0.3 is 0 Å². The van der Waals surface area contributed by atoms with E-state index in [1.807, 2.05) is 12.1 Å². The van der Waals surface area contributed by atoms with Crippen molar-refractivity contribution in [3.05, 3.63) is 70.8 Å². The second-order valence-electron chi connectivity index (χ2n) is 9.85. The lowest BCUT2D eigenvalue weighted by Crippen LogP contribution is -2.32. The molecule has 0 unspecified atom stereocenters. The molecule has 1 amide bonds. The van der Waals surface area contributed by atoms with Crippen LogP contribution in [0.4, 0.5) is 0 Å². The average Bonchev–Trinajstić information content (AvgIpc) is 3.09. The smallest absolute Gasteiger partial charge is 0.251 e. The Hall–Kier alpha value is -2.17. The van der Waals surface area contributed by atoms with Crippen LogP contribution in [0.2, 0.25) is 0 Å². The molecule has 2 heterocycles. The van der Waals surface area contributed by atoms with Crippen molar-refractivity contribution in [1.29, 1.82) is 0 Å². The fraction of sp³-hybridized carbons (Fsp3) is 0.536. The van der Waals surface area contributed by atoms with Crippen LogP contribution < -0.4 is 5.32 Å². The summed E-state index contributed by atoms with van der Waals surface area (Å²) in [5.41, 5.74) is 4.53. The standard InChI is InChI=1S/C28H39N3O/c1-23-14-18-31(19-15-23)22-26-10-12-27(13-11-26)28(32)29-20-24-6-8-25(9-7-24)21-30-16-4-2-3-5-17-30/h6-13,23H,2-5,14-22H2,1H3,(H,29,32). The molecule has 4 rings (SSSR count). The Morgan fingerprint density at radius 3 is 1.84 bits per heavy atom. The van der Waals surface area contributed by atoms with E-state index in [1.165, 1.54) is 75.8 Å². The van der Waals surface area contributed by atoms with Crippen molar-refractivity contribution in [3.63, 3.8) is 0 Å². The minimum atomic E-state index is -0.00279. The monoisotopic (exact) mass is 433 g/mol. The maximum Gasteiger partial charge on any atom is 0.251 e. The van der Waals surface area contributed by atoms with Gasteiger partial charge in [0.05, 0.1) is 0 Å². The van der Waals surface area contributed by atoms with Gasteiger partial charge in [-0.05, 0) is 86.6 Å². The van der Waals surface area contributed by atoms with E-state index in [0.717, 1.165) is 30.1 Å². The van der Waals surface area contributed by atoms with E-state index in [4.69, 9.17) is 0 Å². The van der Waals surface area contributed by atoms with Gasteiger partial charge in [-0.3, -0.25) is 14.6 Å². The summed E-state index contributed by atoms with van der Waals surface area (Å²) in [6.45, 7) is 9.72. The summed E-state index contributed by atoms with van der Waals surface area (Å²) in [6.07, 6.45) is 7.97. The van der Waals surface area contributed by atoms with Crippen LogP contribution in [0, 0.1) is 5.92 Å². The number of nitrogens with one attached hydrogen (secondary N) is 1. The first-order valence-electron chi connectivity index (χ1n) is 12.6. The Balaban J connectivity index is 1.22. The molecule has 0 radical (unpaired) electrons. The summed E-state index contributed by atoms with van der Waals surface area (Å²) < 4.78 is 0. The van der Waals surface area contributed by atoms with Crippen molar-refractivity contribution in [1.82, 2.24) is 15.1 Å². The van der Waals surface area contributed by atoms with Crippen LogP contribution in [0.5, 0.6) is 0 Å². The molecule has 2 fully saturated rings. The minimum absolute atomic E-state index is 0.00279.